The SMILES string of the molecule is CC/C=C\C/C=C\C/C=C\C/C=C\C/C=C\C/C=C\C/C=C\CCCC(=O)OCC(COC(=O)CCCCCCC/C=C\C/C=C\CCCC)OC(=O)CCCCCC/C=C\C/C=C\C/C=C\C/C=C\CC. The quantitative estimate of drug-likeness (QED) is 0.0262. The minimum atomic E-state index is -0.829. The third-order valence-electron chi connectivity index (χ3n) is 11.2. The number of ether oxygens (including phenoxy) is 3. The van der Waals surface area contributed by atoms with Gasteiger partial charge in [-0.25, -0.2) is 0 Å². The second-order valence-corrected chi connectivity index (χ2v) is 18.1. The molecule has 0 radical (unpaired) electrons. The molecular weight excluding hydrogens is 889 g/mol. The minimum Gasteiger partial charge on any atom is -0.462 e. The molecule has 6 nitrogen and oxygen atoms in total. The van der Waals surface area contributed by atoms with Gasteiger partial charge in [-0.05, 0) is 135 Å². The van der Waals surface area contributed by atoms with Crippen molar-refractivity contribution >= 4 is 17.9 Å². The summed E-state index contributed by atoms with van der Waals surface area (Å²) in [7, 11) is 0. The predicted molar refractivity (Wildman–Crippen MR) is 311 cm³/mol. The van der Waals surface area contributed by atoms with Crippen LogP contribution < -0.4 is 0 Å². The van der Waals surface area contributed by atoms with Crippen molar-refractivity contribution in [2.45, 2.75) is 226 Å². The minimum absolute atomic E-state index is 0.121. The Kier molecular flexibility index (Phi) is 54.6. The highest BCUT2D eigenvalue weighted by molar-refractivity contribution is 5.71. The van der Waals surface area contributed by atoms with Gasteiger partial charge in [-0.15, -0.1) is 0 Å². The van der Waals surface area contributed by atoms with Crippen molar-refractivity contribution in [3.8, 4) is 0 Å². The molecule has 0 bridgehead atoms. The normalized spacial score (nSPS) is 13.3. The van der Waals surface area contributed by atoms with E-state index >= 15 is 0 Å². The summed E-state index contributed by atoms with van der Waals surface area (Å²) in [6.45, 7) is 6.27. The van der Waals surface area contributed by atoms with E-state index in [9.17, 15) is 14.4 Å². The van der Waals surface area contributed by atoms with Crippen LogP contribution >= 0.6 is 0 Å². The molecule has 0 amide bonds. The standard InChI is InChI=1S/C66H102O6/c1-4-7-10-13-16-19-22-25-28-30-31-32-33-34-35-37-38-41-44-47-50-53-56-59-65(68)71-62-63(61-70-64(67)58-55-52-49-46-43-40-27-24-21-18-15-12-9-6-3)72-66(69)60-57-54-51-48-45-42-39-36-29-26-23-20-17-14-11-8-5-2/h7-8,10-11,15-20,24-29,31-32,34-35,38-39,41-42,47,50,63H,4-6,9,12-14,21-23,30,33,36-37,40,43-46,48-49,51-62H2,1-3H3/b10-7-,11-8-,18-15-,19-16-,20-17-,27-24-,28-25-,29-26-,32-31-,35-34-,41-38-,42-39-,50-47-. The van der Waals surface area contributed by atoms with E-state index in [1.54, 1.807) is 0 Å². The molecule has 72 heavy (non-hydrogen) atoms. The van der Waals surface area contributed by atoms with Crippen molar-refractivity contribution in [1.82, 2.24) is 0 Å². The third kappa shape index (κ3) is 56.0. The fourth-order valence-corrected chi connectivity index (χ4v) is 7.03. The summed E-state index contributed by atoms with van der Waals surface area (Å²) >= 11 is 0. The second kappa shape index (κ2) is 58.6. The van der Waals surface area contributed by atoms with Crippen LogP contribution in [0.5, 0.6) is 0 Å². The molecule has 0 aromatic carbocycles. The maximum absolute atomic E-state index is 12.8. The summed E-state index contributed by atoms with van der Waals surface area (Å²) in [5.41, 5.74) is 0. The Labute approximate surface area is 441 Å². The Hall–Kier alpha value is -4.97. The van der Waals surface area contributed by atoms with Crippen molar-refractivity contribution in [3.63, 3.8) is 0 Å². The number of hydrogen-bond donors (Lipinski definition) is 0. The Bertz CT molecular complexity index is 1660. The maximum Gasteiger partial charge on any atom is 0.306 e. The summed E-state index contributed by atoms with van der Waals surface area (Å²) in [5, 5.41) is 0. The predicted octanol–water partition coefficient (Wildman–Crippen LogP) is 19.4. The molecule has 402 valence electrons. The molecule has 0 saturated carbocycles. The van der Waals surface area contributed by atoms with Gasteiger partial charge in [0.05, 0.1) is 0 Å². The van der Waals surface area contributed by atoms with E-state index < -0.39 is 6.10 Å². The smallest absolute Gasteiger partial charge is 0.306 e. The van der Waals surface area contributed by atoms with Crippen molar-refractivity contribution in [3.05, 3.63) is 158 Å². The first-order valence-corrected chi connectivity index (χ1v) is 28.5. The highest BCUT2D eigenvalue weighted by Crippen LogP contribution is 2.12. The summed E-state index contributed by atoms with van der Waals surface area (Å²) < 4.78 is 16.8. The lowest BCUT2D eigenvalue weighted by Gasteiger charge is -2.18. The summed E-state index contributed by atoms with van der Waals surface area (Å²) in [6.07, 6.45) is 85.2. The van der Waals surface area contributed by atoms with Gasteiger partial charge in [0.25, 0.3) is 0 Å². The zero-order chi connectivity index (χ0) is 52.2. The molecule has 0 aromatic rings. The van der Waals surface area contributed by atoms with E-state index in [4.69, 9.17) is 14.2 Å². The highest BCUT2D eigenvalue weighted by Gasteiger charge is 2.19. The van der Waals surface area contributed by atoms with Crippen LogP contribution in [0.3, 0.4) is 0 Å². The number of allylic oxidation sites excluding steroid dienone is 26. The molecule has 0 aliphatic heterocycles. The Morgan fingerprint density at radius 3 is 0.903 bits per heavy atom. The average Bonchev–Trinajstić information content (AvgIpc) is 3.38. The molecule has 0 aliphatic carbocycles. The number of esters is 3. The Balaban J connectivity index is 4.57. The first-order chi connectivity index (χ1) is 35.5. The maximum atomic E-state index is 12.8. The molecule has 0 fully saturated rings. The molecule has 0 aliphatic rings. The third-order valence-corrected chi connectivity index (χ3v) is 11.2. The van der Waals surface area contributed by atoms with Crippen molar-refractivity contribution in [2.24, 2.45) is 0 Å². The van der Waals surface area contributed by atoms with Gasteiger partial charge in [-0.1, -0.05) is 224 Å². The van der Waals surface area contributed by atoms with Crippen LogP contribution in [0.1, 0.15) is 220 Å². The molecule has 6 heteroatoms. The topological polar surface area (TPSA) is 78.9 Å². The number of unbranched alkanes of at least 4 members (excludes halogenated alkanes) is 12. The zero-order valence-electron chi connectivity index (χ0n) is 45.9. The van der Waals surface area contributed by atoms with Gasteiger partial charge in [0, 0.05) is 19.3 Å². The van der Waals surface area contributed by atoms with Gasteiger partial charge < -0.3 is 14.2 Å². The fourth-order valence-electron chi connectivity index (χ4n) is 7.03. The van der Waals surface area contributed by atoms with Crippen molar-refractivity contribution in [2.75, 3.05) is 13.2 Å². The Morgan fingerprint density at radius 2 is 0.556 bits per heavy atom. The molecule has 1 atom stereocenters. The highest BCUT2D eigenvalue weighted by atomic mass is 16.6. The van der Waals surface area contributed by atoms with Crippen LogP contribution in [0.4, 0.5) is 0 Å². The molecule has 0 heterocycles. The zero-order valence-corrected chi connectivity index (χ0v) is 45.9. The molecule has 0 saturated heterocycles. The number of carbonyl (C=O) groups excluding carboxylic acids is 3. The van der Waals surface area contributed by atoms with E-state index in [1.807, 2.05) is 0 Å². The van der Waals surface area contributed by atoms with Crippen LogP contribution in [0.15, 0.2) is 158 Å². The lowest BCUT2D eigenvalue weighted by atomic mass is 10.1. The van der Waals surface area contributed by atoms with Gasteiger partial charge in [-0.2, -0.15) is 0 Å². The van der Waals surface area contributed by atoms with Crippen molar-refractivity contribution < 1.29 is 28.6 Å². The van der Waals surface area contributed by atoms with Gasteiger partial charge >= 0.3 is 17.9 Å². The van der Waals surface area contributed by atoms with Gasteiger partial charge in [0.15, 0.2) is 6.10 Å². The molecule has 0 rings (SSSR count). The second-order valence-electron chi connectivity index (χ2n) is 18.1. The van der Waals surface area contributed by atoms with Crippen LogP contribution in [0, 0.1) is 0 Å². The fraction of sp³-hybridized carbons (Fsp3) is 0.561. The number of carbonyl (C=O) groups is 3. The van der Waals surface area contributed by atoms with Gasteiger partial charge in [0.2, 0.25) is 0 Å². The summed E-state index contributed by atoms with van der Waals surface area (Å²) in [6, 6.07) is 0. The van der Waals surface area contributed by atoms with E-state index in [0.717, 1.165) is 154 Å². The van der Waals surface area contributed by atoms with Crippen LogP contribution in [0.2, 0.25) is 0 Å². The molecule has 0 spiro atoms. The molecule has 0 N–H and O–H groups in total. The first kappa shape index (κ1) is 67.0. The van der Waals surface area contributed by atoms with Crippen LogP contribution in [0.25, 0.3) is 0 Å². The van der Waals surface area contributed by atoms with Crippen LogP contribution in [-0.2, 0) is 28.6 Å². The van der Waals surface area contributed by atoms with Crippen molar-refractivity contribution in [1.29, 1.82) is 0 Å². The number of rotatable bonds is 49. The molecule has 1 unspecified atom stereocenters. The van der Waals surface area contributed by atoms with Gasteiger partial charge in [0.1, 0.15) is 13.2 Å². The number of hydrogen-bond acceptors (Lipinski definition) is 6. The molecular formula is C66H102O6. The van der Waals surface area contributed by atoms with Gasteiger partial charge in [-0.3, -0.25) is 14.4 Å². The van der Waals surface area contributed by atoms with E-state index in [-0.39, 0.29) is 44.0 Å². The van der Waals surface area contributed by atoms with E-state index in [1.165, 1.54) is 19.3 Å². The lowest BCUT2D eigenvalue weighted by Crippen LogP contribution is -2.30. The van der Waals surface area contributed by atoms with E-state index in [0.29, 0.717) is 12.8 Å². The monoisotopic (exact) mass is 991 g/mol. The molecule has 0 aromatic heterocycles. The van der Waals surface area contributed by atoms with Crippen LogP contribution in [-0.4, -0.2) is 37.2 Å². The lowest BCUT2D eigenvalue weighted by molar-refractivity contribution is -0.167. The Morgan fingerprint density at radius 1 is 0.292 bits per heavy atom. The summed E-state index contributed by atoms with van der Waals surface area (Å²) in [5.74, 6) is -1.03. The van der Waals surface area contributed by atoms with E-state index in [2.05, 4.69) is 179 Å². The first-order valence-electron chi connectivity index (χ1n) is 28.5. The average molecular weight is 992 g/mol. The summed E-state index contributed by atoms with van der Waals surface area (Å²) in [4.78, 5) is 38.1. The largest absolute Gasteiger partial charge is 0.462 e.